The Balaban J connectivity index is 1.70. The van der Waals surface area contributed by atoms with Crippen LogP contribution in [0.3, 0.4) is 0 Å². The van der Waals surface area contributed by atoms with Crippen LogP contribution < -0.4 is 5.32 Å². The Bertz CT molecular complexity index is 873. The molecule has 7 heteroatoms. The van der Waals surface area contributed by atoms with E-state index in [0.717, 1.165) is 36.3 Å². The molecule has 1 aliphatic rings. The van der Waals surface area contributed by atoms with E-state index in [1.165, 1.54) is 0 Å². The van der Waals surface area contributed by atoms with E-state index in [2.05, 4.69) is 5.32 Å². The molecular formula is C24H33N3O4. The molecule has 0 radical (unpaired) electrons. The number of ether oxygens (including phenoxy) is 1. The number of rotatable bonds is 8. The minimum absolute atomic E-state index is 0.0121. The number of benzene rings is 1. The van der Waals surface area contributed by atoms with Gasteiger partial charge in [-0.1, -0.05) is 17.7 Å². The van der Waals surface area contributed by atoms with E-state index < -0.39 is 0 Å². The van der Waals surface area contributed by atoms with Crippen LogP contribution in [0.4, 0.5) is 10.5 Å². The number of hydrogen-bond acceptors (Lipinski definition) is 4. The summed E-state index contributed by atoms with van der Waals surface area (Å²) >= 11 is 0. The summed E-state index contributed by atoms with van der Waals surface area (Å²) in [4.78, 5) is 29.6. The van der Waals surface area contributed by atoms with E-state index in [0.29, 0.717) is 18.8 Å². The SMILES string of the molecule is Cc1ccc(NC(=O)N(CC(=O)N(Cc2ccco2)CC2CCCO2)C(C)C)c(C)c1. The maximum Gasteiger partial charge on any atom is 0.322 e. The van der Waals surface area contributed by atoms with Crippen LogP contribution in [-0.4, -0.2) is 53.6 Å². The molecule has 1 atom stereocenters. The fourth-order valence-electron chi connectivity index (χ4n) is 3.75. The summed E-state index contributed by atoms with van der Waals surface area (Å²) in [6, 6.07) is 9.11. The predicted octanol–water partition coefficient (Wildman–Crippen LogP) is 4.35. The van der Waals surface area contributed by atoms with Gasteiger partial charge in [-0.3, -0.25) is 4.79 Å². The minimum atomic E-state index is -0.287. The minimum Gasteiger partial charge on any atom is -0.467 e. The van der Waals surface area contributed by atoms with Gasteiger partial charge in [0.2, 0.25) is 5.91 Å². The third-order valence-corrected chi connectivity index (χ3v) is 5.54. The van der Waals surface area contributed by atoms with Crippen molar-refractivity contribution in [2.24, 2.45) is 0 Å². The molecule has 1 aromatic heterocycles. The molecular weight excluding hydrogens is 394 g/mol. The number of carbonyl (C=O) groups excluding carboxylic acids is 2. The Morgan fingerprint density at radius 1 is 1.23 bits per heavy atom. The number of nitrogens with zero attached hydrogens (tertiary/aromatic N) is 2. The average molecular weight is 428 g/mol. The van der Waals surface area contributed by atoms with Gasteiger partial charge < -0.3 is 24.3 Å². The number of amides is 3. The number of hydrogen-bond donors (Lipinski definition) is 1. The highest BCUT2D eigenvalue weighted by molar-refractivity contribution is 5.93. The van der Waals surface area contributed by atoms with Crippen molar-refractivity contribution >= 4 is 17.6 Å². The lowest BCUT2D eigenvalue weighted by Crippen LogP contribution is -2.48. The van der Waals surface area contributed by atoms with Crippen LogP contribution in [0.15, 0.2) is 41.0 Å². The molecule has 1 fully saturated rings. The molecule has 168 valence electrons. The molecule has 1 N–H and O–H groups in total. The summed E-state index contributed by atoms with van der Waals surface area (Å²) in [6.07, 6.45) is 3.56. The van der Waals surface area contributed by atoms with Gasteiger partial charge in [0.1, 0.15) is 12.3 Å². The normalized spacial score (nSPS) is 15.8. The molecule has 2 aromatic rings. The standard InChI is InChI=1S/C24H33N3O4/c1-17(2)27(24(29)25-22-10-9-18(3)13-19(22)4)16-23(28)26(14-20-7-5-11-30-20)15-21-8-6-12-31-21/h5,7,9-11,13,17,21H,6,8,12,14-16H2,1-4H3,(H,25,29). The van der Waals surface area contributed by atoms with Gasteiger partial charge in [-0.05, 0) is 64.3 Å². The topological polar surface area (TPSA) is 75.0 Å². The summed E-state index contributed by atoms with van der Waals surface area (Å²) < 4.78 is 11.2. The summed E-state index contributed by atoms with van der Waals surface area (Å²) in [6.45, 7) is 9.35. The molecule has 0 aliphatic carbocycles. The van der Waals surface area contributed by atoms with Gasteiger partial charge in [0.25, 0.3) is 0 Å². The number of carbonyl (C=O) groups is 2. The zero-order valence-corrected chi connectivity index (χ0v) is 18.9. The highest BCUT2D eigenvalue weighted by Gasteiger charge is 2.27. The van der Waals surface area contributed by atoms with Crippen LogP contribution in [0, 0.1) is 13.8 Å². The van der Waals surface area contributed by atoms with E-state index in [4.69, 9.17) is 9.15 Å². The van der Waals surface area contributed by atoms with Crippen molar-refractivity contribution in [2.75, 3.05) is 25.0 Å². The molecule has 31 heavy (non-hydrogen) atoms. The molecule has 0 saturated carbocycles. The van der Waals surface area contributed by atoms with Crippen molar-refractivity contribution in [2.45, 2.75) is 59.2 Å². The fourth-order valence-corrected chi connectivity index (χ4v) is 3.75. The molecule has 1 saturated heterocycles. The quantitative estimate of drug-likeness (QED) is 0.680. The van der Waals surface area contributed by atoms with Crippen molar-refractivity contribution in [1.82, 2.24) is 9.80 Å². The zero-order chi connectivity index (χ0) is 22.4. The molecule has 7 nitrogen and oxygen atoms in total. The van der Waals surface area contributed by atoms with Crippen LogP contribution in [0.2, 0.25) is 0 Å². The van der Waals surface area contributed by atoms with Gasteiger partial charge in [-0.25, -0.2) is 4.79 Å². The van der Waals surface area contributed by atoms with Crippen molar-refractivity contribution in [1.29, 1.82) is 0 Å². The number of anilines is 1. The monoisotopic (exact) mass is 427 g/mol. The highest BCUT2D eigenvalue weighted by atomic mass is 16.5. The fraction of sp³-hybridized carbons (Fsp3) is 0.500. The van der Waals surface area contributed by atoms with Gasteiger partial charge in [-0.15, -0.1) is 0 Å². The van der Waals surface area contributed by atoms with Crippen LogP contribution in [0.25, 0.3) is 0 Å². The van der Waals surface area contributed by atoms with Crippen LogP contribution in [0.1, 0.15) is 43.6 Å². The van der Waals surface area contributed by atoms with E-state index >= 15 is 0 Å². The van der Waals surface area contributed by atoms with Crippen LogP contribution in [-0.2, 0) is 16.1 Å². The second kappa shape index (κ2) is 10.5. The molecule has 3 rings (SSSR count). The zero-order valence-electron chi connectivity index (χ0n) is 18.9. The van der Waals surface area contributed by atoms with Crippen molar-refractivity contribution in [3.63, 3.8) is 0 Å². The summed E-state index contributed by atoms with van der Waals surface area (Å²) in [7, 11) is 0. The van der Waals surface area contributed by atoms with Crippen LogP contribution in [0.5, 0.6) is 0 Å². The number of nitrogens with one attached hydrogen (secondary N) is 1. The second-order valence-electron chi connectivity index (χ2n) is 8.46. The molecule has 1 unspecified atom stereocenters. The molecule has 1 aliphatic heterocycles. The lowest BCUT2D eigenvalue weighted by molar-refractivity contribution is -0.134. The molecule has 0 bridgehead atoms. The molecule has 2 heterocycles. The van der Waals surface area contributed by atoms with Crippen molar-refractivity contribution in [3.05, 3.63) is 53.5 Å². The third kappa shape index (κ3) is 6.34. The first-order chi connectivity index (χ1) is 14.8. The Labute approximate surface area is 184 Å². The first kappa shape index (κ1) is 22.9. The largest absolute Gasteiger partial charge is 0.467 e. The Morgan fingerprint density at radius 2 is 2.03 bits per heavy atom. The molecule has 0 spiro atoms. The Hall–Kier alpha value is -2.80. The first-order valence-corrected chi connectivity index (χ1v) is 10.9. The molecule has 3 amide bonds. The molecule has 1 aromatic carbocycles. The maximum atomic E-state index is 13.2. The second-order valence-corrected chi connectivity index (χ2v) is 8.46. The van der Waals surface area contributed by atoms with Gasteiger partial charge in [0.05, 0.1) is 18.9 Å². The first-order valence-electron chi connectivity index (χ1n) is 10.9. The van der Waals surface area contributed by atoms with Gasteiger partial charge >= 0.3 is 6.03 Å². The number of urea groups is 1. The number of furan rings is 1. The van der Waals surface area contributed by atoms with E-state index in [9.17, 15) is 9.59 Å². The smallest absolute Gasteiger partial charge is 0.322 e. The summed E-state index contributed by atoms with van der Waals surface area (Å²) in [5.74, 6) is 0.582. The average Bonchev–Trinajstić information content (AvgIpc) is 3.41. The van der Waals surface area contributed by atoms with Crippen molar-refractivity contribution < 1.29 is 18.7 Å². The Morgan fingerprint density at radius 3 is 2.65 bits per heavy atom. The van der Waals surface area contributed by atoms with Crippen molar-refractivity contribution in [3.8, 4) is 0 Å². The van der Waals surface area contributed by atoms with E-state index in [1.54, 1.807) is 16.1 Å². The van der Waals surface area contributed by atoms with Gasteiger partial charge in [-0.2, -0.15) is 0 Å². The van der Waals surface area contributed by atoms with E-state index in [-0.39, 0.29) is 30.6 Å². The van der Waals surface area contributed by atoms with Crippen LogP contribution >= 0.6 is 0 Å². The predicted molar refractivity (Wildman–Crippen MR) is 120 cm³/mol. The lowest BCUT2D eigenvalue weighted by atomic mass is 10.1. The van der Waals surface area contributed by atoms with E-state index in [1.807, 2.05) is 58.0 Å². The van der Waals surface area contributed by atoms with Gasteiger partial charge in [0.15, 0.2) is 0 Å². The summed E-state index contributed by atoms with van der Waals surface area (Å²) in [5.41, 5.74) is 2.87. The highest BCUT2D eigenvalue weighted by Crippen LogP contribution is 2.19. The van der Waals surface area contributed by atoms with Gasteiger partial charge in [0, 0.05) is 24.9 Å². The number of aryl methyl sites for hydroxylation is 2. The third-order valence-electron chi connectivity index (χ3n) is 5.54. The Kier molecular flexibility index (Phi) is 7.74. The maximum absolute atomic E-state index is 13.2. The summed E-state index contributed by atoms with van der Waals surface area (Å²) in [5, 5.41) is 2.95. The lowest BCUT2D eigenvalue weighted by Gasteiger charge is -2.31.